The van der Waals surface area contributed by atoms with Crippen LogP contribution in [-0.2, 0) is 16.1 Å². The minimum absolute atomic E-state index is 0.244. The van der Waals surface area contributed by atoms with Gasteiger partial charge in [-0.3, -0.25) is 4.79 Å². The number of rotatable bonds is 7. The first-order valence-electron chi connectivity index (χ1n) is 6.05. The Morgan fingerprint density at radius 3 is 2.70 bits per heavy atom. The Balaban J connectivity index is 2.67. The molecule has 0 bridgehead atoms. The molecule has 1 aromatic rings. The Hall–Kier alpha value is -1.67. The molecule has 1 heterocycles. The molecular weight excluding hydrogens is 282 g/mol. The molecule has 1 N–H and O–H groups in total. The molecule has 0 atom stereocenters. The molecule has 0 saturated heterocycles. The van der Waals surface area contributed by atoms with E-state index in [-0.39, 0.29) is 19.1 Å². The van der Waals surface area contributed by atoms with Crippen molar-refractivity contribution >= 4 is 23.3 Å². The Morgan fingerprint density at radius 1 is 1.50 bits per heavy atom. The average molecular weight is 301 g/mol. The second-order valence-electron chi connectivity index (χ2n) is 4.31. The maximum Gasteiger partial charge on any atom is 0.323 e. The molecule has 1 aromatic heterocycles. The fourth-order valence-corrected chi connectivity index (χ4v) is 2.44. The van der Waals surface area contributed by atoms with Crippen molar-refractivity contribution in [2.45, 2.75) is 13.5 Å². The molecule has 7 nitrogen and oxygen atoms in total. The summed E-state index contributed by atoms with van der Waals surface area (Å²) in [7, 11) is 3.15. The predicted octanol–water partition coefficient (Wildman–Crippen LogP) is 1.04. The van der Waals surface area contributed by atoms with E-state index in [1.54, 1.807) is 12.6 Å². The Labute approximate surface area is 121 Å². The molecule has 0 aliphatic heterocycles. The van der Waals surface area contributed by atoms with Crippen LogP contribution in [0.1, 0.15) is 10.6 Å². The molecule has 112 valence electrons. The van der Waals surface area contributed by atoms with Gasteiger partial charge in [-0.2, -0.15) is 0 Å². The van der Waals surface area contributed by atoms with Crippen molar-refractivity contribution in [1.29, 1.82) is 0 Å². The van der Waals surface area contributed by atoms with Gasteiger partial charge in [0, 0.05) is 25.6 Å². The van der Waals surface area contributed by atoms with Gasteiger partial charge in [-0.15, -0.1) is 11.3 Å². The van der Waals surface area contributed by atoms with Crippen molar-refractivity contribution in [3.8, 4) is 0 Å². The molecule has 0 aliphatic carbocycles. The van der Waals surface area contributed by atoms with Gasteiger partial charge in [0.15, 0.2) is 0 Å². The van der Waals surface area contributed by atoms with Gasteiger partial charge in [0.2, 0.25) is 0 Å². The van der Waals surface area contributed by atoms with Crippen molar-refractivity contribution in [2.75, 3.05) is 33.9 Å². The number of carbonyl (C=O) groups is 2. The highest BCUT2D eigenvalue weighted by atomic mass is 32.1. The number of carboxylic acid groups (broad SMARTS) is 1. The fourth-order valence-electron chi connectivity index (χ4n) is 1.61. The second-order valence-corrected chi connectivity index (χ2v) is 5.25. The zero-order chi connectivity index (χ0) is 15.1. The van der Waals surface area contributed by atoms with Crippen molar-refractivity contribution < 1.29 is 19.4 Å². The molecule has 20 heavy (non-hydrogen) atoms. The summed E-state index contributed by atoms with van der Waals surface area (Å²) in [6.07, 6.45) is 0. The van der Waals surface area contributed by atoms with Crippen LogP contribution >= 0.6 is 11.3 Å². The Morgan fingerprint density at radius 2 is 2.20 bits per heavy atom. The molecule has 0 aliphatic rings. The number of methoxy groups -OCH3 is 1. The van der Waals surface area contributed by atoms with Crippen LogP contribution in [-0.4, -0.2) is 65.7 Å². The van der Waals surface area contributed by atoms with Gasteiger partial charge in [-0.25, -0.2) is 9.78 Å². The number of aromatic nitrogens is 1. The first-order chi connectivity index (χ1) is 9.45. The molecule has 2 amide bonds. The van der Waals surface area contributed by atoms with E-state index in [0.29, 0.717) is 13.2 Å². The number of amides is 2. The van der Waals surface area contributed by atoms with Gasteiger partial charge < -0.3 is 19.6 Å². The largest absolute Gasteiger partial charge is 0.480 e. The van der Waals surface area contributed by atoms with Gasteiger partial charge >= 0.3 is 12.0 Å². The van der Waals surface area contributed by atoms with Gasteiger partial charge in [0.1, 0.15) is 6.54 Å². The number of ether oxygens (including phenoxy) is 1. The van der Waals surface area contributed by atoms with E-state index in [9.17, 15) is 9.59 Å². The first-order valence-corrected chi connectivity index (χ1v) is 6.93. The number of urea groups is 1. The summed E-state index contributed by atoms with van der Waals surface area (Å²) in [5.41, 5.74) is 2.61. The summed E-state index contributed by atoms with van der Waals surface area (Å²) in [5, 5.41) is 8.85. The van der Waals surface area contributed by atoms with Crippen LogP contribution in [0.2, 0.25) is 0 Å². The monoisotopic (exact) mass is 301 g/mol. The van der Waals surface area contributed by atoms with Crippen LogP contribution in [0.15, 0.2) is 5.51 Å². The van der Waals surface area contributed by atoms with Crippen molar-refractivity contribution in [1.82, 2.24) is 14.8 Å². The SMILES string of the molecule is COCCN(CC(=O)O)C(=O)N(C)Cc1scnc1C. The first kappa shape index (κ1) is 16.4. The van der Waals surface area contributed by atoms with Gasteiger partial charge in [0.25, 0.3) is 0 Å². The highest BCUT2D eigenvalue weighted by Crippen LogP contribution is 2.15. The molecule has 0 fully saturated rings. The number of thiazole rings is 1. The minimum atomic E-state index is -1.04. The predicted molar refractivity (Wildman–Crippen MR) is 74.8 cm³/mol. The minimum Gasteiger partial charge on any atom is -0.480 e. The second kappa shape index (κ2) is 7.81. The third kappa shape index (κ3) is 4.78. The smallest absolute Gasteiger partial charge is 0.323 e. The number of carboxylic acids is 1. The third-order valence-corrected chi connectivity index (χ3v) is 3.63. The average Bonchev–Trinajstić information content (AvgIpc) is 2.78. The normalized spacial score (nSPS) is 10.3. The lowest BCUT2D eigenvalue weighted by Crippen LogP contribution is -2.44. The number of hydrogen-bond donors (Lipinski definition) is 1. The molecule has 0 spiro atoms. The van der Waals surface area contributed by atoms with Crippen LogP contribution in [0.5, 0.6) is 0 Å². The molecule has 8 heteroatoms. The molecular formula is C12H19N3O4S. The zero-order valence-corrected chi connectivity index (χ0v) is 12.6. The lowest BCUT2D eigenvalue weighted by atomic mass is 10.3. The Kier molecular flexibility index (Phi) is 6.40. The molecule has 0 radical (unpaired) electrons. The van der Waals surface area contributed by atoms with E-state index in [2.05, 4.69) is 4.98 Å². The summed E-state index contributed by atoms with van der Waals surface area (Å²) in [5.74, 6) is -1.04. The highest BCUT2D eigenvalue weighted by Gasteiger charge is 2.21. The van der Waals surface area contributed by atoms with Gasteiger partial charge in [0.05, 0.1) is 24.4 Å². The fraction of sp³-hybridized carbons (Fsp3) is 0.583. The standard InChI is InChI=1S/C12H19N3O4S/c1-9-10(20-8-13-9)6-14(2)12(18)15(4-5-19-3)7-11(16)17/h8H,4-7H2,1-3H3,(H,16,17). The topological polar surface area (TPSA) is 83.0 Å². The van der Waals surface area contributed by atoms with Gasteiger partial charge in [-0.1, -0.05) is 0 Å². The molecule has 0 unspecified atom stereocenters. The maximum atomic E-state index is 12.2. The van der Waals surface area contributed by atoms with Crippen LogP contribution in [0, 0.1) is 6.92 Å². The molecule has 0 aromatic carbocycles. The van der Waals surface area contributed by atoms with Crippen LogP contribution in [0.25, 0.3) is 0 Å². The van der Waals surface area contributed by atoms with Crippen molar-refractivity contribution in [3.05, 3.63) is 16.1 Å². The summed E-state index contributed by atoms with van der Waals surface area (Å²) >= 11 is 1.47. The van der Waals surface area contributed by atoms with Crippen molar-refractivity contribution in [2.24, 2.45) is 0 Å². The molecule has 0 saturated carbocycles. The van der Waals surface area contributed by atoms with E-state index >= 15 is 0 Å². The van der Waals surface area contributed by atoms with Crippen LogP contribution in [0.4, 0.5) is 4.79 Å². The van der Waals surface area contributed by atoms with Gasteiger partial charge in [-0.05, 0) is 6.92 Å². The van der Waals surface area contributed by atoms with Crippen molar-refractivity contribution in [3.63, 3.8) is 0 Å². The van der Waals surface area contributed by atoms with Crippen LogP contribution in [0.3, 0.4) is 0 Å². The summed E-state index contributed by atoms with van der Waals surface area (Å²) in [4.78, 5) is 30.9. The van der Waals surface area contributed by atoms with E-state index in [0.717, 1.165) is 10.6 Å². The number of aryl methyl sites for hydroxylation is 1. The number of aliphatic carboxylic acids is 1. The van der Waals surface area contributed by atoms with Crippen LogP contribution < -0.4 is 0 Å². The summed E-state index contributed by atoms with van der Waals surface area (Å²) < 4.78 is 4.90. The van der Waals surface area contributed by atoms with E-state index in [1.165, 1.54) is 28.2 Å². The maximum absolute atomic E-state index is 12.2. The third-order valence-electron chi connectivity index (χ3n) is 2.71. The van der Waals surface area contributed by atoms with E-state index < -0.39 is 5.97 Å². The number of nitrogens with zero attached hydrogens (tertiary/aromatic N) is 3. The zero-order valence-electron chi connectivity index (χ0n) is 11.8. The summed E-state index contributed by atoms with van der Waals surface area (Å²) in [6.45, 7) is 2.50. The lowest BCUT2D eigenvalue weighted by Gasteiger charge is -2.26. The lowest BCUT2D eigenvalue weighted by molar-refractivity contribution is -0.137. The highest BCUT2D eigenvalue weighted by molar-refractivity contribution is 7.09. The Bertz CT molecular complexity index is 463. The number of carbonyl (C=O) groups excluding carboxylic acids is 1. The van der Waals surface area contributed by atoms with E-state index in [4.69, 9.17) is 9.84 Å². The molecule has 1 rings (SSSR count). The van der Waals surface area contributed by atoms with E-state index in [1.807, 2.05) is 6.92 Å². The number of hydrogen-bond acceptors (Lipinski definition) is 5. The summed E-state index contributed by atoms with van der Waals surface area (Å²) in [6, 6.07) is -0.336. The quantitative estimate of drug-likeness (QED) is 0.813.